The number of aryl methyl sites for hydroxylation is 2. The lowest BCUT2D eigenvalue weighted by atomic mass is 10.1. The molecule has 108 valence electrons. The molecule has 1 aromatic carbocycles. The summed E-state index contributed by atoms with van der Waals surface area (Å²) in [5, 5.41) is 3.30. The topological polar surface area (TPSA) is 55.6 Å². The van der Waals surface area contributed by atoms with Crippen molar-refractivity contribution in [3.05, 3.63) is 53.9 Å². The summed E-state index contributed by atoms with van der Waals surface area (Å²) in [4.78, 5) is 13.5. The summed E-state index contributed by atoms with van der Waals surface area (Å²) in [7, 11) is 3.99. The van der Waals surface area contributed by atoms with Crippen molar-refractivity contribution in [1.82, 2.24) is 24.8 Å². The fraction of sp³-hybridized carbons (Fsp3) is 0.312. The van der Waals surface area contributed by atoms with E-state index >= 15 is 0 Å². The molecule has 0 aliphatic carbocycles. The third-order valence-electron chi connectivity index (χ3n) is 3.77. The van der Waals surface area contributed by atoms with Gasteiger partial charge in [0, 0.05) is 19.7 Å². The Kier molecular flexibility index (Phi) is 3.66. The van der Waals surface area contributed by atoms with Crippen molar-refractivity contribution in [2.24, 2.45) is 7.05 Å². The number of hydrogen-bond donors (Lipinski definition) is 1. The van der Waals surface area contributed by atoms with Crippen LogP contribution in [-0.2, 0) is 13.5 Å². The maximum atomic E-state index is 4.72. The number of nitrogens with one attached hydrogen (secondary N) is 1. The van der Waals surface area contributed by atoms with Crippen LogP contribution < -0.4 is 5.32 Å². The molecular formula is C16H19N5. The number of nitrogens with zero attached hydrogens (tertiary/aromatic N) is 4. The van der Waals surface area contributed by atoms with E-state index in [0.717, 1.165) is 34.7 Å². The molecular weight excluding hydrogens is 262 g/mol. The average Bonchev–Trinajstić information content (AvgIpc) is 2.83. The minimum Gasteiger partial charge on any atom is -0.331 e. The van der Waals surface area contributed by atoms with Gasteiger partial charge < -0.3 is 9.88 Å². The fourth-order valence-corrected chi connectivity index (χ4v) is 2.50. The van der Waals surface area contributed by atoms with Crippen molar-refractivity contribution in [2.45, 2.75) is 19.4 Å². The van der Waals surface area contributed by atoms with E-state index < -0.39 is 0 Å². The molecule has 0 fully saturated rings. The highest BCUT2D eigenvalue weighted by molar-refractivity contribution is 5.75. The maximum absolute atomic E-state index is 4.72. The summed E-state index contributed by atoms with van der Waals surface area (Å²) in [5.74, 6) is 1.04. The Morgan fingerprint density at radius 2 is 2.00 bits per heavy atom. The highest BCUT2D eigenvalue weighted by Crippen LogP contribution is 2.19. The molecule has 5 nitrogen and oxygen atoms in total. The summed E-state index contributed by atoms with van der Waals surface area (Å²) in [6.07, 6.45) is 4.41. The van der Waals surface area contributed by atoms with E-state index in [1.807, 2.05) is 38.4 Å². The maximum Gasteiger partial charge on any atom is 0.111 e. The van der Waals surface area contributed by atoms with Crippen LogP contribution in [0.5, 0.6) is 0 Å². The molecule has 2 aromatic heterocycles. The molecule has 2 heterocycles. The second kappa shape index (κ2) is 5.61. The monoisotopic (exact) mass is 281 g/mol. The predicted octanol–water partition coefficient (Wildman–Crippen LogP) is 2.17. The number of benzene rings is 1. The summed E-state index contributed by atoms with van der Waals surface area (Å²) >= 11 is 0. The lowest BCUT2D eigenvalue weighted by Gasteiger charge is -2.15. The first-order chi connectivity index (χ1) is 10.2. The molecule has 0 aliphatic rings. The SMILES string of the molecule is CNC(Cc1nc2ccccc2n1C)c1cnc(C)cn1. The lowest BCUT2D eigenvalue weighted by molar-refractivity contribution is 0.549. The van der Waals surface area contributed by atoms with E-state index in [0.29, 0.717) is 0 Å². The van der Waals surface area contributed by atoms with Gasteiger partial charge in [-0.15, -0.1) is 0 Å². The van der Waals surface area contributed by atoms with E-state index in [9.17, 15) is 0 Å². The number of aromatic nitrogens is 4. The number of rotatable bonds is 4. The largest absolute Gasteiger partial charge is 0.331 e. The summed E-state index contributed by atoms with van der Waals surface area (Å²) in [5.41, 5.74) is 4.05. The van der Waals surface area contributed by atoms with E-state index in [2.05, 4.69) is 33.0 Å². The first-order valence-corrected chi connectivity index (χ1v) is 7.05. The van der Waals surface area contributed by atoms with Crippen LogP contribution in [0.3, 0.4) is 0 Å². The smallest absolute Gasteiger partial charge is 0.111 e. The van der Waals surface area contributed by atoms with Gasteiger partial charge >= 0.3 is 0 Å². The van der Waals surface area contributed by atoms with Gasteiger partial charge in [0.05, 0.1) is 34.7 Å². The van der Waals surface area contributed by atoms with Gasteiger partial charge in [0.25, 0.3) is 0 Å². The van der Waals surface area contributed by atoms with Gasteiger partial charge in [-0.2, -0.15) is 0 Å². The Morgan fingerprint density at radius 1 is 1.19 bits per heavy atom. The highest BCUT2D eigenvalue weighted by Gasteiger charge is 2.16. The number of imidazole rings is 1. The van der Waals surface area contributed by atoms with E-state index in [-0.39, 0.29) is 6.04 Å². The fourth-order valence-electron chi connectivity index (χ4n) is 2.50. The Labute approximate surface area is 124 Å². The van der Waals surface area contributed by atoms with Crippen molar-refractivity contribution in [2.75, 3.05) is 7.05 Å². The lowest BCUT2D eigenvalue weighted by Crippen LogP contribution is -2.21. The molecule has 3 rings (SSSR count). The van der Waals surface area contributed by atoms with Crippen LogP contribution in [0.1, 0.15) is 23.3 Å². The van der Waals surface area contributed by atoms with Gasteiger partial charge in [0.2, 0.25) is 0 Å². The third kappa shape index (κ3) is 2.64. The molecule has 3 aromatic rings. The van der Waals surface area contributed by atoms with Gasteiger partial charge in [0.1, 0.15) is 5.82 Å². The van der Waals surface area contributed by atoms with Crippen molar-refractivity contribution >= 4 is 11.0 Å². The normalized spacial score (nSPS) is 12.7. The van der Waals surface area contributed by atoms with Crippen LogP contribution in [0.4, 0.5) is 0 Å². The second-order valence-corrected chi connectivity index (χ2v) is 5.20. The van der Waals surface area contributed by atoms with Crippen molar-refractivity contribution in [3.8, 4) is 0 Å². The molecule has 0 saturated heterocycles. The van der Waals surface area contributed by atoms with Gasteiger partial charge in [-0.3, -0.25) is 9.97 Å². The van der Waals surface area contributed by atoms with Crippen LogP contribution >= 0.6 is 0 Å². The molecule has 0 saturated carbocycles. The van der Waals surface area contributed by atoms with Crippen molar-refractivity contribution < 1.29 is 0 Å². The van der Waals surface area contributed by atoms with Crippen LogP contribution in [0.15, 0.2) is 36.7 Å². The van der Waals surface area contributed by atoms with Gasteiger partial charge in [-0.05, 0) is 26.1 Å². The van der Waals surface area contributed by atoms with Crippen molar-refractivity contribution in [3.63, 3.8) is 0 Å². The molecule has 21 heavy (non-hydrogen) atoms. The zero-order chi connectivity index (χ0) is 14.8. The van der Waals surface area contributed by atoms with E-state index in [4.69, 9.17) is 4.98 Å². The van der Waals surface area contributed by atoms with E-state index in [1.165, 1.54) is 0 Å². The zero-order valence-corrected chi connectivity index (χ0v) is 12.5. The molecule has 5 heteroatoms. The Balaban J connectivity index is 1.92. The zero-order valence-electron chi connectivity index (χ0n) is 12.5. The number of hydrogen-bond acceptors (Lipinski definition) is 4. The molecule has 0 aliphatic heterocycles. The third-order valence-corrected chi connectivity index (χ3v) is 3.77. The standard InChI is InChI=1S/C16H19N5/c1-11-9-19-14(10-18-11)13(17-2)8-16-20-12-6-4-5-7-15(12)21(16)3/h4-7,9-10,13,17H,8H2,1-3H3. The molecule has 0 bridgehead atoms. The number of fused-ring (bicyclic) bond motifs is 1. The molecule has 1 unspecified atom stereocenters. The second-order valence-electron chi connectivity index (χ2n) is 5.20. The van der Waals surface area contributed by atoms with Gasteiger partial charge in [0.15, 0.2) is 0 Å². The van der Waals surface area contributed by atoms with Gasteiger partial charge in [-0.1, -0.05) is 12.1 Å². The average molecular weight is 281 g/mol. The van der Waals surface area contributed by atoms with E-state index in [1.54, 1.807) is 6.20 Å². The summed E-state index contributed by atoms with van der Waals surface area (Å²) in [6, 6.07) is 8.29. The number of likely N-dealkylation sites (N-methyl/N-ethyl adjacent to an activating group) is 1. The molecule has 0 spiro atoms. The number of para-hydroxylation sites is 2. The van der Waals surface area contributed by atoms with Crippen LogP contribution in [0.25, 0.3) is 11.0 Å². The highest BCUT2D eigenvalue weighted by atomic mass is 15.1. The minimum atomic E-state index is 0.105. The van der Waals surface area contributed by atoms with Gasteiger partial charge in [-0.25, -0.2) is 4.98 Å². The quantitative estimate of drug-likeness (QED) is 0.796. The Morgan fingerprint density at radius 3 is 2.67 bits per heavy atom. The van der Waals surface area contributed by atoms with Crippen LogP contribution in [-0.4, -0.2) is 26.6 Å². The first-order valence-electron chi connectivity index (χ1n) is 7.05. The summed E-state index contributed by atoms with van der Waals surface area (Å²) in [6.45, 7) is 1.94. The van der Waals surface area contributed by atoms with Crippen LogP contribution in [0, 0.1) is 6.92 Å². The molecule has 1 atom stereocenters. The summed E-state index contributed by atoms with van der Waals surface area (Å²) < 4.78 is 2.14. The van der Waals surface area contributed by atoms with Crippen LogP contribution in [0.2, 0.25) is 0 Å². The Bertz CT molecular complexity index is 745. The first kappa shape index (κ1) is 13.7. The molecule has 1 N–H and O–H groups in total. The molecule has 0 amide bonds. The minimum absolute atomic E-state index is 0.105. The molecule has 0 radical (unpaired) electrons. The predicted molar refractivity (Wildman–Crippen MR) is 83.0 cm³/mol. The Hall–Kier alpha value is -2.27. The van der Waals surface area contributed by atoms with Crippen molar-refractivity contribution in [1.29, 1.82) is 0 Å².